The Kier molecular flexibility index (Phi) is 3.06. The van der Waals surface area contributed by atoms with Gasteiger partial charge in [-0.1, -0.05) is 6.92 Å². The molecule has 0 spiro atoms. The van der Waals surface area contributed by atoms with Gasteiger partial charge in [0.25, 0.3) is 0 Å². The van der Waals surface area contributed by atoms with Crippen molar-refractivity contribution in [3.05, 3.63) is 18.0 Å². The molecule has 0 N–H and O–H groups in total. The summed E-state index contributed by atoms with van der Waals surface area (Å²) in [5.41, 5.74) is 1.67. The zero-order chi connectivity index (χ0) is 10.9. The molecule has 1 aromatic heterocycles. The van der Waals surface area contributed by atoms with Gasteiger partial charge in [-0.2, -0.15) is 5.10 Å². The van der Waals surface area contributed by atoms with E-state index in [2.05, 4.69) is 18.2 Å². The van der Waals surface area contributed by atoms with Gasteiger partial charge in [0, 0.05) is 19.1 Å². The highest BCUT2D eigenvalue weighted by molar-refractivity contribution is 6.18. The van der Waals surface area contributed by atoms with Gasteiger partial charge in [0.2, 0.25) is 0 Å². The van der Waals surface area contributed by atoms with Crippen LogP contribution in [-0.4, -0.2) is 15.7 Å². The maximum atomic E-state index is 6.09. The molecular weight excluding hydrogens is 208 g/mol. The zero-order valence-corrected chi connectivity index (χ0v) is 10.3. The molecule has 1 aliphatic carbocycles. The van der Waals surface area contributed by atoms with Gasteiger partial charge in [-0.05, 0) is 42.6 Å². The van der Waals surface area contributed by atoms with E-state index >= 15 is 0 Å². The topological polar surface area (TPSA) is 17.8 Å². The van der Waals surface area contributed by atoms with E-state index < -0.39 is 0 Å². The molecule has 1 aromatic rings. The number of alkyl halides is 1. The molecule has 3 heteroatoms. The van der Waals surface area contributed by atoms with Crippen LogP contribution in [0.2, 0.25) is 0 Å². The van der Waals surface area contributed by atoms with E-state index in [1.54, 1.807) is 0 Å². The van der Waals surface area contributed by atoms with E-state index in [-0.39, 0.29) is 0 Å². The van der Waals surface area contributed by atoms with Crippen molar-refractivity contribution < 1.29 is 0 Å². The Morgan fingerprint density at radius 3 is 2.80 bits per heavy atom. The fourth-order valence-corrected chi connectivity index (χ4v) is 2.54. The van der Waals surface area contributed by atoms with Gasteiger partial charge in [-0.3, -0.25) is 4.68 Å². The molecule has 0 saturated heterocycles. The first-order valence-electron chi connectivity index (χ1n) is 5.67. The molecule has 1 fully saturated rings. The molecule has 1 unspecified atom stereocenters. The SMILES string of the molecule is Cn1cc(CCC(C)(CCl)C2CC2)cn1. The normalized spacial score (nSPS) is 20.2. The van der Waals surface area contributed by atoms with Crippen LogP contribution in [-0.2, 0) is 13.5 Å². The van der Waals surface area contributed by atoms with Crippen molar-refractivity contribution in [3.63, 3.8) is 0 Å². The molecule has 0 bridgehead atoms. The zero-order valence-electron chi connectivity index (χ0n) is 9.54. The minimum atomic E-state index is 0.345. The number of rotatable bonds is 5. The van der Waals surface area contributed by atoms with Crippen molar-refractivity contribution in [2.75, 3.05) is 5.88 Å². The minimum absolute atomic E-state index is 0.345. The number of halogens is 1. The maximum Gasteiger partial charge on any atom is 0.0521 e. The lowest BCUT2D eigenvalue weighted by Gasteiger charge is -2.26. The lowest BCUT2D eigenvalue weighted by atomic mass is 9.81. The van der Waals surface area contributed by atoms with Crippen molar-refractivity contribution in [1.82, 2.24) is 9.78 Å². The average molecular weight is 227 g/mol. The van der Waals surface area contributed by atoms with E-state index in [4.69, 9.17) is 11.6 Å². The molecule has 84 valence electrons. The number of nitrogens with zero attached hydrogens (tertiary/aromatic N) is 2. The first kappa shape index (κ1) is 11.0. The highest BCUT2D eigenvalue weighted by Crippen LogP contribution is 2.48. The lowest BCUT2D eigenvalue weighted by molar-refractivity contribution is 0.290. The molecule has 0 aromatic carbocycles. The summed E-state index contributed by atoms with van der Waals surface area (Å²) in [6.07, 6.45) is 9.09. The van der Waals surface area contributed by atoms with E-state index in [1.165, 1.54) is 24.8 Å². The summed E-state index contributed by atoms with van der Waals surface area (Å²) in [6, 6.07) is 0. The lowest BCUT2D eigenvalue weighted by Crippen LogP contribution is -2.22. The molecule has 2 nitrogen and oxygen atoms in total. The summed E-state index contributed by atoms with van der Waals surface area (Å²) in [5.74, 6) is 1.66. The summed E-state index contributed by atoms with van der Waals surface area (Å²) in [6.45, 7) is 2.33. The standard InChI is InChI=1S/C12H19ClN2/c1-12(9-13,11-3-4-11)6-5-10-7-14-15(2)8-10/h7-8,11H,3-6,9H2,1-2H3. The van der Waals surface area contributed by atoms with E-state index in [0.29, 0.717) is 5.41 Å². The third kappa shape index (κ3) is 2.54. The Morgan fingerprint density at radius 2 is 2.33 bits per heavy atom. The van der Waals surface area contributed by atoms with Crippen LogP contribution >= 0.6 is 11.6 Å². The monoisotopic (exact) mass is 226 g/mol. The summed E-state index contributed by atoms with van der Waals surface area (Å²) in [5, 5.41) is 4.19. The number of hydrogen-bond donors (Lipinski definition) is 0. The molecule has 0 radical (unpaired) electrons. The first-order chi connectivity index (χ1) is 7.14. The van der Waals surface area contributed by atoms with Gasteiger partial charge in [-0.15, -0.1) is 11.6 Å². The van der Waals surface area contributed by atoms with Crippen LogP contribution in [0.1, 0.15) is 31.7 Å². The van der Waals surface area contributed by atoms with E-state index in [1.807, 2.05) is 17.9 Å². The van der Waals surface area contributed by atoms with E-state index in [0.717, 1.165) is 18.2 Å². The van der Waals surface area contributed by atoms with Crippen LogP contribution in [0, 0.1) is 11.3 Å². The summed E-state index contributed by atoms with van der Waals surface area (Å²) >= 11 is 6.09. The maximum absolute atomic E-state index is 6.09. The third-order valence-electron chi connectivity index (χ3n) is 3.61. The smallest absolute Gasteiger partial charge is 0.0521 e. The van der Waals surface area contributed by atoms with Crippen LogP contribution in [0.5, 0.6) is 0 Å². The predicted molar refractivity (Wildman–Crippen MR) is 63.1 cm³/mol. The largest absolute Gasteiger partial charge is 0.276 e. The first-order valence-corrected chi connectivity index (χ1v) is 6.21. The second-order valence-corrected chi connectivity index (χ2v) is 5.35. The molecular formula is C12H19ClN2. The van der Waals surface area contributed by atoms with Crippen molar-refractivity contribution in [3.8, 4) is 0 Å². The van der Waals surface area contributed by atoms with Crippen LogP contribution in [0.3, 0.4) is 0 Å². The molecule has 1 heterocycles. The predicted octanol–water partition coefficient (Wildman–Crippen LogP) is 3.01. The summed E-state index contributed by atoms with van der Waals surface area (Å²) in [4.78, 5) is 0. The summed E-state index contributed by atoms with van der Waals surface area (Å²) in [7, 11) is 1.96. The third-order valence-corrected chi connectivity index (χ3v) is 4.22. The van der Waals surface area contributed by atoms with Crippen LogP contribution in [0.4, 0.5) is 0 Å². The molecule has 1 aliphatic rings. The van der Waals surface area contributed by atoms with Gasteiger partial charge in [-0.25, -0.2) is 0 Å². The van der Waals surface area contributed by atoms with Crippen LogP contribution in [0.15, 0.2) is 12.4 Å². The highest BCUT2D eigenvalue weighted by Gasteiger charge is 2.40. The second kappa shape index (κ2) is 4.17. The molecule has 2 rings (SSSR count). The van der Waals surface area contributed by atoms with Gasteiger partial charge in [0.1, 0.15) is 0 Å². The van der Waals surface area contributed by atoms with Crippen LogP contribution < -0.4 is 0 Å². The average Bonchev–Trinajstić information content (AvgIpc) is 3.00. The number of hydrogen-bond acceptors (Lipinski definition) is 1. The fraction of sp³-hybridized carbons (Fsp3) is 0.750. The molecule has 15 heavy (non-hydrogen) atoms. The Balaban J connectivity index is 1.91. The highest BCUT2D eigenvalue weighted by atomic mass is 35.5. The Labute approximate surface area is 96.6 Å². The van der Waals surface area contributed by atoms with Crippen molar-refractivity contribution in [2.24, 2.45) is 18.4 Å². The van der Waals surface area contributed by atoms with Gasteiger partial charge < -0.3 is 0 Å². The van der Waals surface area contributed by atoms with E-state index in [9.17, 15) is 0 Å². The molecule has 1 atom stereocenters. The van der Waals surface area contributed by atoms with Gasteiger partial charge in [0.05, 0.1) is 6.20 Å². The number of aromatic nitrogens is 2. The Hall–Kier alpha value is -0.500. The molecule has 1 saturated carbocycles. The van der Waals surface area contributed by atoms with Crippen molar-refractivity contribution >= 4 is 11.6 Å². The quantitative estimate of drug-likeness (QED) is 0.706. The fourth-order valence-electron chi connectivity index (χ4n) is 2.19. The van der Waals surface area contributed by atoms with Gasteiger partial charge >= 0.3 is 0 Å². The Bertz CT molecular complexity index is 330. The minimum Gasteiger partial charge on any atom is -0.276 e. The number of aryl methyl sites for hydroxylation is 2. The van der Waals surface area contributed by atoms with Gasteiger partial charge in [0.15, 0.2) is 0 Å². The Morgan fingerprint density at radius 1 is 1.60 bits per heavy atom. The van der Waals surface area contributed by atoms with Crippen molar-refractivity contribution in [1.29, 1.82) is 0 Å². The second-order valence-electron chi connectivity index (χ2n) is 5.08. The van der Waals surface area contributed by atoms with Crippen molar-refractivity contribution in [2.45, 2.75) is 32.6 Å². The molecule has 0 amide bonds. The molecule has 0 aliphatic heterocycles. The summed E-state index contributed by atoms with van der Waals surface area (Å²) < 4.78 is 1.87. The van der Waals surface area contributed by atoms with Crippen LogP contribution in [0.25, 0.3) is 0 Å².